The van der Waals surface area contributed by atoms with Crippen molar-refractivity contribution >= 4 is 35.0 Å². The normalized spacial score (nSPS) is 11.5. The van der Waals surface area contributed by atoms with Crippen LogP contribution in [0.1, 0.15) is 12.5 Å². The van der Waals surface area contributed by atoms with Gasteiger partial charge in [0.1, 0.15) is 0 Å². The number of carbonyl (C=O) groups excluding carboxylic acids is 1. The SMILES string of the molecule is C[C@H](Sc1ccccc1Cl)C(=O)Nc1cccc(C#N)c1. The molecule has 0 fully saturated rings. The molecule has 21 heavy (non-hydrogen) atoms. The number of benzene rings is 2. The second-order valence-electron chi connectivity index (χ2n) is 4.37. The largest absolute Gasteiger partial charge is 0.325 e. The highest BCUT2D eigenvalue weighted by molar-refractivity contribution is 8.00. The van der Waals surface area contributed by atoms with Gasteiger partial charge in [-0.15, -0.1) is 11.8 Å². The number of nitriles is 1. The zero-order valence-electron chi connectivity index (χ0n) is 11.3. The van der Waals surface area contributed by atoms with Gasteiger partial charge in [0.15, 0.2) is 0 Å². The predicted molar refractivity (Wildman–Crippen MR) is 86.6 cm³/mol. The van der Waals surface area contributed by atoms with E-state index < -0.39 is 0 Å². The Bertz CT molecular complexity index is 697. The lowest BCUT2D eigenvalue weighted by Crippen LogP contribution is -2.22. The Morgan fingerprint density at radius 3 is 2.76 bits per heavy atom. The summed E-state index contributed by atoms with van der Waals surface area (Å²) in [5.74, 6) is -0.130. The molecule has 0 unspecified atom stereocenters. The number of amides is 1. The molecule has 1 atom stereocenters. The number of anilines is 1. The molecule has 0 heterocycles. The minimum absolute atomic E-state index is 0.130. The van der Waals surface area contributed by atoms with Crippen molar-refractivity contribution in [2.45, 2.75) is 17.1 Å². The van der Waals surface area contributed by atoms with Crippen LogP contribution in [-0.4, -0.2) is 11.2 Å². The summed E-state index contributed by atoms with van der Waals surface area (Å²) in [5, 5.41) is 12.0. The minimum atomic E-state index is -0.296. The second kappa shape index (κ2) is 7.16. The van der Waals surface area contributed by atoms with Crippen molar-refractivity contribution in [1.29, 1.82) is 5.26 Å². The lowest BCUT2D eigenvalue weighted by Gasteiger charge is -2.13. The predicted octanol–water partition coefficient (Wildman–Crippen LogP) is 4.33. The van der Waals surface area contributed by atoms with E-state index in [9.17, 15) is 4.79 Å². The molecular formula is C16H13ClN2OS. The summed E-state index contributed by atoms with van der Waals surface area (Å²) in [6.45, 7) is 1.82. The summed E-state index contributed by atoms with van der Waals surface area (Å²) < 4.78 is 0. The minimum Gasteiger partial charge on any atom is -0.325 e. The van der Waals surface area contributed by atoms with Gasteiger partial charge in [-0.2, -0.15) is 5.26 Å². The fraction of sp³-hybridized carbons (Fsp3) is 0.125. The van der Waals surface area contributed by atoms with Crippen LogP contribution in [0.15, 0.2) is 53.4 Å². The van der Waals surface area contributed by atoms with Gasteiger partial charge >= 0.3 is 0 Å². The van der Waals surface area contributed by atoms with Crippen LogP contribution in [0, 0.1) is 11.3 Å². The molecule has 2 aromatic rings. The van der Waals surface area contributed by atoms with Crippen LogP contribution in [0.4, 0.5) is 5.69 Å². The van der Waals surface area contributed by atoms with E-state index in [2.05, 4.69) is 5.32 Å². The zero-order valence-corrected chi connectivity index (χ0v) is 12.9. The molecule has 5 heteroatoms. The Morgan fingerprint density at radius 2 is 2.05 bits per heavy atom. The smallest absolute Gasteiger partial charge is 0.237 e. The fourth-order valence-corrected chi connectivity index (χ4v) is 2.85. The zero-order chi connectivity index (χ0) is 15.2. The first kappa shape index (κ1) is 15.4. The van der Waals surface area contributed by atoms with E-state index in [-0.39, 0.29) is 11.2 Å². The quantitative estimate of drug-likeness (QED) is 0.854. The first-order valence-electron chi connectivity index (χ1n) is 6.32. The van der Waals surface area contributed by atoms with E-state index in [1.165, 1.54) is 11.8 Å². The number of hydrogen-bond acceptors (Lipinski definition) is 3. The van der Waals surface area contributed by atoms with Gasteiger partial charge in [-0.1, -0.05) is 29.8 Å². The standard InChI is InChI=1S/C16H13ClN2OS/c1-11(21-15-8-3-2-7-14(15)17)16(20)19-13-6-4-5-12(9-13)10-18/h2-9,11H,1H3,(H,19,20)/t11-/m0/s1. The van der Waals surface area contributed by atoms with E-state index in [4.69, 9.17) is 16.9 Å². The molecule has 1 N–H and O–H groups in total. The number of rotatable bonds is 4. The van der Waals surface area contributed by atoms with Crippen molar-refractivity contribution in [3.05, 3.63) is 59.1 Å². The number of halogens is 1. The molecule has 2 rings (SSSR count). The molecule has 2 aromatic carbocycles. The Kier molecular flexibility index (Phi) is 5.26. The monoisotopic (exact) mass is 316 g/mol. The molecule has 3 nitrogen and oxygen atoms in total. The molecule has 0 saturated carbocycles. The topological polar surface area (TPSA) is 52.9 Å². The molecule has 106 valence electrons. The van der Waals surface area contributed by atoms with Gasteiger partial charge in [-0.05, 0) is 37.3 Å². The summed E-state index contributed by atoms with van der Waals surface area (Å²) in [5.41, 5.74) is 1.13. The number of hydrogen-bond donors (Lipinski definition) is 1. The lowest BCUT2D eigenvalue weighted by atomic mass is 10.2. The van der Waals surface area contributed by atoms with E-state index in [1.807, 2.05) is 31.2 Å². The summed E-state index contributed by atoms with van der Waals surface area (Å²) in [4.78, 5) is 13.0. The average molecular weight is 317 g/mol. The van der Waals surface area contributed by atoms with E-state index in [1.54, 1.807) is 30.3 Å². The number of carbonyl (C=O) groups is 1. The number of nitrogens with zero attached hydrogens (tertiary/aromatic N) is 1. The van der Waals surface area contributed by atoms with E-state index >= 15 is 0 Å². The van der Waals surface area contributed by atoms with Gasteiger partial charge < -0.3 is 5.32 Å². The van der Waals surface area contributed by atoms with Gasteiger partial charge in [0, 0.05) is 10.6 Å². The van der Waals surface area contributed by atoms with Crippen molar-refractivity contribution in [1.82, 2.24) is 0 Å². The summed E-state index contributed by atoms with van der Waals surface area (Å²) in [6.07, 6.45) is 0. The Balaban J connectivity index is 2.03. The van der Waals surface area contributed by atoms with Crippen molar-refractivity contribution in [2.24, 2.45) is 0 Å². The highest BCUT2D eigenvalue weighted by Gasteiger charge is 2.16. The van der Waals surface area contributed by atoms with Crippen LogP contribution < -0.4 is 5.32 Å². The van der Waals surface area contributed by atoms with Crippen LogP contribution in [0.5, 0.6) is 0 Å². The molecule has 0 bridgehead atoms. The molecular weight excluding hydrogens is 304 g/mol. The molecule has 0 aliphatic carbocycles. The van der Waals surface area contributed by atoms with Crippen molar-refractivity contribution < 1.29 is 4.79 Å². The maximum absolute atomic E-state index is 12.2. The molecule has 0 spiro atoms. The van der Waals surface area contributed by atoms with E-state index in [0.29, 0.717) is 16.3 Å². The van der Waals surface area contributed by atoms with Crippen molar-refractivity contribution in [3.8, 4) is 6.07 Å². The molecule has 0 radical (unpaired) electrons. The second-order valence-corrected chi connectivity index (χ2v) is 6.16. The van der Waals surface area contributed by atoms with Gasteiger partial charge in [-0.25, -0.2) is 0 Å². The Hall–Kier alpha value is -1.96. The maximum Gasteiger partial charge on any atom is 0.237 e. The Labute approximate surface area is 132 Å². The van der Waals surface area contributed by atoms with Crippen LogP contribution in [-0.2, 0) is 4.79 Å². The van der Waals surface area contributed by atoms with Crippen LogP contribution in [0.2, 0.25) is 5.02 Å². The lowest BCUT2D eigenvalue weighted by molar-refractivity contribution is -0.115. The van der Waals surface area contributed by atoms with Gasteiger partial charge in [-0.3, -0.25) is 4.79 Å². The third-order valence-electron chi connectivity index (χ3n) is 2.77. The Morgan fingerprint density at radius 1 is 1.29 bits per heavy atom. The number of thioether (sulfide) groups is 1. The third-order valence-corrected chi connectivity index (χ3v) is 4.39. The molecule has 0 aliphatic heterocycles. The highest BCUT2D eigenvalue weighted by Crippen LogP contribution is 2.30. The third kappa shape index (κ3) is 4.25. The van der Waals surface area contributed by atoms with E-state index in [0.717, 1.165) is 4.90 Å². The highest BCUT2D eigenvalue weighted by atomic mass is 35.5. The number of nitrogens with one attached hydrogen (secondary N) is 1. The van der Waals surface area contributed by atoms with Crippen molar-refractivity contribution in [3.63, 3.8) is 0 Å². The fourth-order valence-electron chi connectivity index (χ4n) is 1.69. The first-order chi connectivity index (χ1) is 10.1. The van der Waals surface area contributed by atoms with Gasteiger partial charge in [0.2, 0.25) is 5.91 Å². The van der Waals surface area contributed by atoms with Crippen LogP contribution in [0.3, 0.4) is 0 Å². The molecule has 0 aliphatic rings. The van der Waals surface area contributed by atoms with Crippen LogP contribution in [0.25, 0.3) is 0 Å². The average Bonchev–Trinajstić information content (AvgIpc) is 2.49. The summed E-state index contributed by atoms with van der Waals surface area (Å²) in [6, 6.07) is 16.3. The van der Waals surface area contributed by atoms with Gasteiger partial charge in [0.25, 0.3) is 0 Å². The molecule has 1 amide bonds. The first-order valence-corrected chi connectivity index (χ1v) is 7.58. The maximum atomic E-state index is 12.2. The molecule has 0 aromatic heterocycles. The summed E-state index contributed by atoms with van der Waals surface area (Å²) in [7, 11) is 0. The van der Waals surface area contributed by atoms with Crippen molar-refractivity contribution in [2.75, 3.05) is 5.32 Å². The van der Waals surface area contributed by atoms with Gasteiger partial charge in [0.05, 0.1) is 21.9 Å². The van der Waals surface area contributed by atoms with Crippen LogP contribution >= 0.6 is 23.4 Å². The molecule has 0 saturated heterocycles. The summed E-state index contributed by atoms with van der Waals surface area (Å²) >= 11 is 7.48.